The summed E-state index contributed by atoms with van der Waals surface area (Å²) in [4.78, 5) is 0. The first-order chi connectivity index (χ1) is 10.3. The second kappa shape index (κ2) is 9.38. The summed E-state index contributed by atoms with van der Waals surface area (Å²) in [6, 6.07) is 0. The van der Waals surface area contributed by atoms with Crippen LogP contribution in [0.5, 0.6) is 0 Å². The van der Waals surface area contributed by atoms with Crippen molar-refractivity contribution in [2.75, 3.05) is 0 Å². The number of rotatable bonds is 9. The van der Waals surface area contributed by atoms with Crippen molar-refractivity contribution >= 4 is 7.85 Å². The Bertz CT molecular complexity index is 298. The molecule has 0 heterocycles. The zero-order chi connectivity index (χ0) is 16.8. The van der Waals surface area contributed by atoms with Gasteiger partial charge in [0.25, 0.3) is 0 Å². The molecule has 5 atom stereocenters. The van der Waals surface area contributed by atoms with Crippen LogP contribution in [0.1, 0.15) is 99.3 Å². The minimum atomic E-state index is 0.632. The Morgan fingerprint density at radius 2 is 1.77 bits per heavy atom. The lowest BCUT2D eigenvalue weighted by Crippen LogP contribution is -2.27. The van der Waals surface area contributed by atoms with E-state index >= 15 is 0 Å². The minimum absolute atomic E-state index is 0.632. The van der Waals surface area contributed by atoms with Crippen LogP contribution in [0.15, 0.2) is 0 Å². The van der Waals surface area contributed by atoms with Crippen LogP contribution in [-0.4, -0.2) is 7.85 Å². The minimum Gasteiger partial charge on any atom is -0.0651 e. The van der Waals surface area contributed by atoms with Crippen LogP contribution >= 0.6 is 0 Å². The largest absolute Gasteiger partial charge is 0.109 e. The van der Waals surface area contributed by atoms with E-state index in [1.165, 1.54) is 57.8 Å². The molecule has 1 aliphatic carbocycles. The molecule has 0 aromatic carbocycles. The predicted molar refractivity (Wildman–Crippen MR) is 104 cm³/mol. The van der Waals surface area contributed by atoms with E-state index in [9.17, 15) is 0 Å². The summed E-state index contributed by atoms with van der Waals surface area (Å²) in [7, 11) is 2.59. The second-order valence-electron chi connectivity index (χ2n) is 9.65. The van der Waals surface area contributed by atoms with Gasteiger partial charge in [-0.3, -0.25) is 0 Å². The van der Waals surface area contributed by atoms with Crippen LogP contribution in [0.4, 0.5) is 0 Å². The van der Waals surface area contributed by atoms with Crippen LogP contribution in [0.2, 0.25) is 5.31 Å². The summed E-state index contributed by atoms with van der Waals surface area (Å²) in [5.41, 5.74) is 0. The van der Waals surface area contributed by atoms with E-state index in [1.807, 2.05) is 0 Å². The van der Waals surface area contributed by atoms with Crippen LogP contribution in [-0.2, 0) is 0 Å². The van der Waals surface area contributed by atoms with Gasteiger partial charge in [0.2, 0.25) is 0 Å². The van der Waals surface area contributed by atoms with Gasteiger partial charge >= 0.3 is 0 Å². The molecule has 1 saturated carbocycles. The standard InChI is InChI=1S/C21H43B/c1-7-18(5)19(6)14-21(22)12-8-9-20(15-21)11-10-17(4)13-16(2)3/h16-20H,7-15,22H2,1-6H3. The zero-order valence-electron chi connectivity index (χ0n) is 16.8. The van der Waals surface area contributed by atoms with Crippen molar-refractivity contribution in [1.82, 2.24) is 0 Å². The summed E-state index contributed by atoms with van der Waals surface area (Å²) in [5, 5.41) is 0.632. The highest BCUT2D eigenvalue weighted by Gasteiger charge is 2.34. The van der Waals surface area contributed by atoms with E-state index in [4.69, 9.17) is 0 Å². The van der Waals surface area contributed by atoms with Crippen LogP contribution in [0.25, 0.3) is 0 Å². The zero-order valence-corrected chi connectivity index (χ0v) is 16.8. The molecule has 1 fully saturated rings. The van der Waals surface area contributed by atoms with Crippen molar-refractivity contribution in [2.45, 2.75) is 105 Å². The van der Waals surface area contributed by atoms with Gasteiger partial charge in [0.15, 0.2) is 0 Å². The quantitative estimate of drug-likeness (QED) is 0.426. The fourth-order valence-corrected chi connectivity index (χ4v) is 4.97. The van der Waals surface area contributed by atoms with E-state index in [0.717, 1.165) is 29.6 Å². The Labute approximate surface area is 142 Å². The Balaban J connectivity index is 2.42. The van der Waals surface area contributed by atoms with E-state index < -0.39 is 0 Å². The van der Waals surface area contributed by atoms with Gasteiger partial charge in [-0.05, 0) is 36.0 Å². The molecule has 130 valence electrons. The Morgan fingerprint density at radius 1 is 1.09 bits per heavy atom. The third-order valence-corrected chi connectivity index (χ3v) is 6.55. The number of hydrogen-bond acceptors (Lipinski definition) is 0. The van der Waals surface area contributed by atoms with E-state index in [-0.39, 0.29) is 0 Å². The molecule has 0 N–H and O–H groups in total. The van der Waals surface area contributed by atoms with Crippen molar-refractivity contribution in [3.05, 3.63) is 0 Å². The van der Waals surface area contributed by atoms with Gasteiger partial charge in [0.1, 0.15) is 7.85 Å². The highest BCUT2D eigenvalue weighted by Crippen LogP contribution is 2.49. The fraction of sp³-hybridized carbons (Fsp3) is 1.00. The smallest absolute Gasteiger partial charge is 0.0651 e. The lowest BCUT2D eigenvalue weighted by atomic mass is 9.53. The van der Waals surface area contributed by atoms with Crippen LogP contribution < -0.4 is 0 Å². The first kappa shape index (κ1) is 20.1. The monoisotopic (exact) mass is 306 g/mol. The fourth-order valence-electron chi connectivity index (χ4n) is 4.97. The van der Waals surface area contributed by atoms with E-state index in [0.29, 0.717) is 5.31 Å². The van der Waals surface area contributed by atoms with Gasteiger partial charge in [-0.2, -0.15) is 0 Å². The molecule has 22 heavy (non-hydrogen) atoms. The SMILES string of the molecule is BC1(CC(C)C(C)CC)CCCC(CCC(C)CC(C)C)C1. The van der Waals surface area contributed by atoms with Crippen LogP contribution in [0, 0.1) is 29.6 Å². The maximum Gasteiger partial charge on any atom is 0.109 e. The molecule has 0 amide bonds. The molecule has 0 aromatic rings. The number of hydrogen-bond donors (Lipinski definition) is 0. The van der Waals surface area contributed by atoms with E-state index in [2.05, 4.69) is 49.4 Å². The van der Waals surface area contributed by atoms with Crippen molar-refractivity contribution in [3.63, 3.8) is 0 Å². The Morgan fingerprint density at radius 3 is 2.36 bits per heavy atom. The first-order valence-electron chi connectivity index (χ1n) is 10.3. The lowest BCUT2D eigenvalue weighted by Gasteiger charge is -2.41. The molecule has 0 spiro atoms. The maximum absolute atomic E-state index is 2.59. The maximum atomic E-state index is 2.59. The van der Waals surface area contributed by atoms with Crippen molar-refractivity contribution in [1.29, 1.82) is 0 Å². The molecule has 0 nitrogen and oxygen atoms in total. The third kappa shape index (κ3) is 7.09. The van der Waals surface area contributed by atoms with Gasteiger partial charge in [-0.15, -0.1) is 0 Å². The van der Waals surface area contributed by atoms with Crippen molar-refractivity contribution in [3.8, 4) is 0 Å². The summed E-state index contributed by atoms with van der Waals surface area (Å²) in [5.74, 6) is 4.59. The molecular weight excluding hydrogens is 263 g/mol. The van der Waals surface area contributed by atoms with Gasteiger partial charge in [-0.25, -0.2) is 0 Å². The highest BCUT2D eigenvalue weighted by atomic mass is 14.4. The molecule has 1 aliphatic rings. The Kier molecular flexibility index (Phi) is 8.58. The van der Waals surface area contributed by atoms with Crippen LogP contribution in [0.3, 0.4) is 0 Å². The molecular formula is C21H43B. The summed E-state index contributed by atoms with van der Waals surface area (Å²) in [6.07, 6.45) is 13.1. The lowest BCUT2D eigenvalue weighted by molar-refractivity contribution is 0.206. The Hall–Kier alpha value is 0.0649. The molecule has 1 heteroatoms. The van der Waals surface area contributed by atoms with Crippen molar-refractivity contribution < 1.29 is 0 Å². The van der Waals surface area contributed by atoms with Gasteiger partial charge in [0, 0.05) is 0 Å². The topological polar surface area (TPSA) is 0 Å². The third-order valence-electron chi connectivity index (χ3n) is 6.55. The molecule has 1 rings (SSSR count). The molecule has 0 bridgehead atoms. The molecule has 0 radical (unpaired) electrons. The van der Waals surface area contributed by atoms with Gasteiger partial charge in [-0.1, -0.05) is 98.2 Å². The molecule has 0 saturated heterocycles. The molecule has 5 unspecified atom stereocenters. The average Bonchev–Trinajstić information content (AvgIpc) is 2.43. The predicted octanol–water partition coefficient (Wildman–Crippen LogP) is 6.50. The highest BCUT2D eigenvalue weighted by molar-refractivity contribution is 6.15. The van der Waals surface area contributed by atoms with Crippen molar-refractivity contribution in [2.24, 2.45) is 29.6 Å². The summed E-state index contributed by atoms with van der Waals surface area (Å²) >= 11 is 0. The summed E-state index contributed by atoms with van der Waals surface area (Å²) in [6.45, 7) is 14.5. The average molecular weight is 306 g/mol. The van der Waals surface area contributed by atoms with E-state index in [1.54, 1.807) is 0 Å². The first-order valence-corrected chi connectivity index (χ1v) is 10.3. The molecule has 0 aromatic heterocycles. The van der Waals surface area contributed by atoms with Gasteiger partial charge in [0.05, 0.1) is 0 Å². The normalized spacial score (nSPS) is 30.2. The second-order valence-corrected chi connectivity index (χ2v) is 9.65. The van der Waals surface area contributed by atoms with Gasteiger partial charge < -0.3 is 0 Å². The summed E-state index contributed by atoms with van der Waals surface area (Å²) < 4.78 is 0. The molecule has 0 aliphatic heterocycles.